The number of nitrogens with one attached hydrogen (secondary N) is 2. The zero-order chi connectivity index (χ0) is 13.9. The van der Waals surface area contributed by atoms with E-state index in [0.717, 1.165) is 25.0 Å². The summed E-state index contributed by atoms with van der Waals surface area (Å²) in [5.74, 6) is 0. The number of carbonyl (C=O) groups is 1. The predicted octanol–water partition coefficient (Wildman–Crippen LogP) is 2.56. The third-order valence-electron chi connectivity index (χ3n) is 3.54. The van der Waals surface area contributed by atoms with Crippen LogP contribution in [0.3, 0.4) is 0 Å². The van der Waals surface area contributed by atoms with Gasteiger partial charge in [-0.25, -0.2) is 14.8 Å². The maximum absolute atomic E-state index is 12.0. The first-order valence-electron chi connectivity index (χ1n) is 6.69. The number of urea groups is 1. The third kappa shape index (κ3) is 2.82. The standard InChI is InChI=1S/C13H17N5OS/c1-9-7-20-13(15-9)17-12(19)16-10-3-2-4-11(10)18-6-5-14-8-18/h5-8,10-11H,2-4H2,1H3,(H2,15,16,17,19). The first-order chi connectivity index (χ1) is 9.72. The molecule has 2 atom stereocenters. The van der Waals surface area contributed by atoms with Gasteiger partial charge in [0.2, 0.25) is 0 Å². The number of hydrogen-bond donors (Lipinski definition) is 2. The van der Waals surface area contributed by atoms with Gasteiger partial charge < -0.3 is 9.88 Å². The van der Waals surface area contributed by atoms with E-state index < -0.39 is 0 Å². The highest BCUT2D eigenvalue weighted by Crippen LogP contribution is 2.30. The Hall–Kier alpha value is -1.89. The fourth-order valence-electron chi connectivity index (χ4n) is 2.64. The molecule has 2 heterocycles. The summed E-state index contributed by atoms with van der Waals surface area (Å²) in [6.07, 6.45) is 8.71. The topological polar surface area (TPSA) is 71.8 Å². The van der Waals surface area contributed by atoms with E-state index in [4.69, 9.17) is 0 Å². The van der Waals surface area contributed by atoms with Gasteiger partial charge in [-0.05, 0) is 26.2 Å². The average Bonchev–Trinajstić information content (AvgIpc) is 3.10. The van der Waals surface area contributed by atoms with E-state index in [0.29, 0.717) is 11.2 Å². The largest absolute Gasteiger partial charge is 0.333 e. The van der Waals surface area contributed by atoms with E-state index in [9.17, 15) is 4.79 Å². The fraction of sp³-hybridized carbons (Fsp3) is 0.462. The van der Waals surface area contributed by atoms with Gasteiger partial charge in [-0.15, -0.1) is 11.3 Å². The molecule has 0 aliphatic heterocycles. The Labute approximate surface area is 121 Å². The Morgan fingerprint density at radius 3 is 3.10 bits per heavy atom. The number of hydrogen-bond acceptors (Lipinski definition) is 4. The highest BCUT2D eigenvalue weighted by Gasteiger charge is 2.29. The van der Waals surface area contributed by atoms with E-state index in [1.807, 2.05) is 24.8 Å². The van der Waals surface area contributed by atoms with Gasteiger partial charge in [0.1, 0.15) is 0 Å². The first kappa shape index (κ1) is 13.1. The molecule has 2 N–H and O–H groups in total. The Morgan fingerprint density at radius 2 is 2.40 bits per heavy atom. The van der Waals surface area contributed by atoms with Crippen LogP contribution in [0.1, 0.15) is 31.0 Å². The summed E-state index contributed by atoms with van der Waals surface area (Å²) in [5, 5.41) is 8.38. The zero-order valence-electron chi connectivity index (χ0n) is 11.2. The Kier molecular flexibility index (Phi) is 3.68. The second-order valence-corrected chi connectivity index (χ2v) is 5.87. The van der Waals surface area contributed by atoms with Crippen molar-refractivity contribution in [2.45, 2.75) is 38.3 Å². The van der Waals surface area contributed by atoms with E-state index >= 15 is 0 Å². The van der Waals surface area contributed by atoms with E-state index in [1.165, 1.54) is 11.3 Å². The predicted molar refractivity (Wildman–Crippen MR) is 77.9 cm³/mol. The molecule has 3 rings (SSSR count). The first-order valence-corrected chi connectivity index (χ1v) is 7.57. The highest BCUT2D eigenvalue weighted by molar-refractivity contribution is 7.13. The van der Waals surface area contributed by atoms with Crippen molar-refractivity contribution in [2.75, 3.05) is 5.32 Å². The molecular weight excluding hydrogens is 274 g/mol. The summed E-state index contributed by atoms with van der Waals surface area (Å²) in [7, 11) is 0. The van der Waals surface area contributed by atoms with Crippen molar-refractivity contribution in [3.63, 3.8) is 0 Å². The SMILES string of the molecule is Cc1csc(NC(=O)NC2CCCC2n2ccnc2)n1. The molecule has 0 aromatic carbocycles. The summed E-state index contributed by atoms with van der Waals surface area (Å²) in [5.41, 5.74) is 0.919. The molecule has 6 nitrogen and oxygen atoms in total. The van der Waals surface area contributed by atoms with Crippen LogP contribution in [-0.2, 0) is 0 Å². The molecule has 0 bridgehead atoms. The number of rotatable bonds is 3. The maximum atomic E-state index is 12.0. The lowest BCUT2D eigenvalue weighted by Crippen LogP contribution is -2.40. The van der Waals surface area contributed by atoms with E-state index in [-0.39, 0.29) is 12.1 Å². The Balaban J connectivity index is 1.60. The van der Waals surface area contributed by atoms with Gasteiger partial charge in [0.25, 0.3) is 0 Å². The lowest BCUT2D eigenvalue weighted by molar-refractivity contribution is 0.245. The minimum atomic E-state index is -0.184. The van der Waals surface area contributed by atoms with Crippen LogP contribution in [-0.4, -0.2) is 26.6 Å². The number of thiazole rings is 1. The van der Waals surface area contributed by atoms with Crippen LogP contribution in [0, 0.1) is 6.92 Å². The maximum Gasteiger partial charge on any atom is 0.321 e. The van der Waals surface area contributed by atoms with Crippen molar-refractivity contribution in [3.8, 4) is 0 Å². The Bertz CT molecular complexity index is 579. The van der Waals surface area contributed by atoms with Crippen molar-refractivity contribution in [2.24, 2.45) is 0 Å². The number of amides is 2. The number of imidazole rings is 1. The van der Waals surface area contributed by atoms with E-state index in [1.54, 1.807) is 6.20 Å². The van der Waals surface area contributed by atoms with Gasteiger partial charge in [-0.3, -0.25) is 5.32 Å². The van der Waals surface area contributed by atoms with Crippen molar-refractivity contribution < 1.29 is 4.79 Å². The molecule has 7 heteroatoms. The van der Waals surface area contributed by atoms with Crippen molar-refractivity contribution in [1.82, 2.24) is 19.9 Å². The molecule has 1 aliphatic rings. The van der Waals surface area contributed by atoms with Gasteiger partial charge in [0, 0.05) is 17.8 Å². The monoisotopic (exact) mass is 291 g/mol. The summed E-state index contributed by atoms with van der Waals surface area (Å²) in [4.78, 5) is 20.3. The summed E-state index contributed by atoms with van der Waals surface area (Å²) in [6.45, 7) is 1.91. The van der Waals surface area contributed by atoms with Crippen LogP contribution in [0.5, 0.6) is 0 Å². The number of nitrogens with zero attached hydrogens (tertiary/aromatic N) is 3. The molecule has 1 saturated carbocycles. The van der Waals surface area contributed by atoms with Crippen LogP contribution in [0.4, 0.5) is 9.93 Å². The van der Waals surface area contributed by atoms with Crippen LogP contribution in [0.15, 0.2) is 24.1 Å². The molecule has 20 heavy (non-hydrogen) atoms. The lowest BCUT2D eigenvalue weighted by atomic mass is 10.2. The molecule has 1 fully saturated rings. The zero-order valence-corrected chi connectivity index (χ0v) is 12.1. The van der Waals surface area contributed by atoms with E-state index in [2.05, 4.69) is 25.2 Å². The molecular formula is C13H17N5OS. The molecule has 106 valence electrons. The van der Waals surface area contributed by atoms with Crippen LogP contribution in [0.2, 0.25) is 0 Å². The smallest absolute Gasteiger partial charge is 0.321 e. The normalized spacial score (nSPS) is 21.9. The summed E-state index contributed by atoms with van der Waals surface area (Å²) in [6, 6.07) is 0.253. The summed E-state index contributed by atoms with van der Waals surface area (Å²) < 4.78 is 2.07. The second-order valence-electron chi connectivity index (χ2n) is 5.01. The third-order valence-corrected chi connectivity index (χ3v) is 4.42. The fourth-order valence-corrected chi connectivity index (χ4v) is 3.33. The molecule has 2 aromatic heterocycles. The molecule has 2 unspecified atom stereocenters. The number of aryl methyl sites for hydroxylation is 1. The van der Waals surface area contributed by atoms with Crippen molar-refractivity contribution >= 4 is 22.5 Å². The van der Waals surface area contributed by atoms with Gasteiger partial charge in [-0.2, -0.15) is 0 Å². The van der Waals surface area contributed by atoms with Crippen LogP contribution >= 0.6 is 11.3 Å². The highest BCUT2D eigenvalue weighted by atomic mass is 32.1. The van der Waals surface area contributed by atoms with Crippen LogP contribution < -0.4 is 10.6 Å². The quantitative estimate of drug-likeness (QED) is 0.913. The molecule has 0 spiro atoms. The minimum Gasteiger partial charge on any atom is -0.333 e. The molecule has 0 saturated heterocycles. The summed E-state index contributed by atoms with van der Waals surface area (Å²) >= 11 is 1.44. The minimum absolute atomic E-state index is 0.144. The average molecular weight is 291 g/mol. The van der Waals surface area contributed by atoms with Crippen molar-refractivity contribution in [3.05, 3.63) is 29.8 Å². The molecule has 1 aliphatic carbocycles. The molecule has 0 radical (unpaired) electrons. The van der Waals surface area contributed by atoms with Gasteiger partial charge in [0.15, 0.2) is 5.13 Å². The van der Waals surface area contributed by atoms with Crippen molar-refractivity contribution in [1.29, 1.82) is 0 Å². The second kappa shape index (κ2) is 5.62. The van der Waals surface area contributed by atoms with Gasteiger partial charge >= 0.3 is 6.03 Å². The van der Waals surface area contributed by atoms with Crippen LogP contribution in [0.25, 0.3) is 0 Å². The molecule has 2 amide bonds. The number of anilines is 1. The lowest BCUT2D eigenvalue weighted by Gasteiger charge is -2.22. The van der Waals surface area contributed by atoms with Gasteiger partial charge in [0.05, 0.1) is 24.1 Å². The Morgan fingerprint density at radius 1 is 1.50 bits per heavy atom. The van der Waals surface area contributed by atoms with Gasteiger partial charge in [-0.1, -0.05) is 0 Å². The molecule has 2 aromatic rings. The number of aromatic nitrogens is 3. The number of carbonyl (C=O) groups excluding carboxylic acids is 1.